The zero-order valence-corrected chi connectivity index (χ0v) is 29.1. The maximum atomic E-state index is 13.5. The number of hydrogen-bond acceptors (Lipinski definition) is 6. The molecule has 1 fully saturated rings. The van der Waals surface area contributed by atoms with Crippen LogP contribution in [-0.2, 0) is 22.8 Å². The Bertz CT molecular complexity index is 1870. The van der Waals surface area contributed by atoms with Gasteiger partial charge < -0.3 is 14.2 Å². The number of carbonyl (C=O) groups is 3. The van der Waals surface area contributed by atoms with Crippen LogP contribution in [0.1, 0.15) is 23.6 Å². The van der Waals surface area contributed by atoms with Crippen molar-refractivity contribution in [2.24, 2.45) is 0 Å². The number of barbiturate groups is 1. The van der Waals surface area contributed by atoms with E-state index in [4.69, 9.17) is 60.6 Å². The predicted octanol–water partition coefficient (Wildman–Crippen LogP) is 9.13. The lowest BCUT2D eigenvalue weighted by Crippen LogP contribution is -2.54. The number of halogens is 5. The van der Waals surface area contributed by atoms with Crippen LogP contribution in [0, 0.1) is 3.57 Å². The molecular formula is C33H23Cl4IN2O6. The number of rotatable bonds is 10. The number of hydrogen-bond donors (Lipinski definition) is 1. The molecule has 1 N–H and O–H groups in total. The molecule has 0 aliphatic carbocycles. The summed E-state index contributed by atoms with van der Waals surface area (Å²) in [7, 11) is 0. The molecule has 0 unspecified atom stereocenters. The van der Waals surface area contributed by atoms with Gasteiger partial charge in [-0.3, -0.25) is 14.9 Å². The molecule has 1 aliphatic rings. The summed E-state index contributed by atoms with van der Waals surface area (Å²) in [5.74, 6) is -0.242. The maximum Gasteiger partial charge on any atom is 0.335 e. The van der Waals surface area contributed by atoms with E-state index in [2.05, 4.69) is 27.9 Å². The molecule has 4 aromatic carbocycles. The van der Waals surface area contributed by atoms with Crippen molar-refractivity contribution in [3.05, 3.63) is 119 Å². The Morgan fingerprint density at radius 2 is 1.57 bits per heavy atom. The number of benzene rings is 4. The van der Waals surface area contributed by atoms with Crippen LogP contribution in [0.3, 0.4) is 0 Å². The van der Waals surface area contributed by atoms with E-state index in [0.717, 1.165) is 16.0 Å². The second-order valence-corrected chi connectivity index (χ2v) is 12.6. The average molecular weight is 812 g/mol. The van der Waals surface area contributed by atoms with Gasteiger partial charge >= 0.3 is 6.03 Å². The van der Waals surface area contributed by atoms with Gasteiger partial charge in [-0.15, -0.1) is 0 Å². The third-order valence-electron chi connectivity index (χ3n) is 6.62. The Labute approximate surface area is 298 Å². The molecule has 4 amide bonds. The molecule has 4 aromatic rings. The van der Waals surface area contributed by atoms with Crippen LogP contribution in [0.15, 0.2) is 78.4 Å². The van der Waals surface area contributed by atoms with Crippen molar-refractivity contribution in [1.82, 2.24) is 5.32 Å². The van der Waals surface area contributed by atoms with E-state index in [0.29, 0.717) is 53.1 Å². The third kappa shape index (κ3) is 7.90. The number of carbonyl (C=O) groups excluding carboxylic acids is 3. The van der Waals surface area contributed by atoms with E-state index >= 15 is 0 Å². The van der Waals surface area contributed by atoms with Crippen molar-refractivity contribution in [3.8, 4) is 17.2 Å². The fourth-order valence-electron chi connectivity index (χ4n) is 4.41. The molecule has 0 radical (unpaired) electrons. The molecule has 1 aliphatic heterocycles. The third-order valence-corrected chi connectivity index (χ3v) is 8.74. The monoisotopic (exact) mass is 810 g/mol. The van der Waals surface area contributed by atoms with Crippen molar-refractivity contribution < 1.29 is 28.6 Å². The Morgan fingerprint density at radius 3 is 2.26 bits per heavy atom. The van der Waals surface area contributed by atoms with Gasteiger partial charge in [-0.25, -0.2) is 9.69 Å². The largest absolute Gasteiger partial charge is 0.490 e. The van der Waals surface area contributed by atoms with Crippen molar-refractivity contribution in [2.45, 2.75) is 20.1 Å². The lowest BCUT2D eigenvalue weighted by Gasteiger charge is -2.26. The molecular weight excluding hydrogens is 789 g/mol. The van der Waals surface area contributed by atoms with Crippen molar-refractivity contribution >= 4 is 98.6 Å². The number of nitrogens with one attached hydrogen (secondary N) is 1. The van der Waals surface area contributed by atoms with Crippen molar-refractivity contribution in [1.29, 1.82) is 0 Å². The molecule has 0 aromatic heterocycles. The average Bonchev–Trinajstić information content (AvgIpc) is 3.01. The van der Waals surface area contributed by atoms with Crippen LogP contribution in [-0.4, -0.2) is 24.5 Å². The SMILES string of the molecule is CCOc1cc(/C=C2\C(=O)NC(=O)N(c3ccc(OCc4ccc(Cl)cc4Cl)cc3)C2=O)cc(I)c1OCc1ccc(Cl)c(Cl)c1. The van der Waals surface area contributed by atoms with Gasteiger partial charge in [0, 0.05) is 15.6 Å². The smallest absolute Gasteiger partial charge is 0.335 e. The summed E-state index contributed by atoms with van der Waals surface area (Å²) in [6.45, 7) is 2.55. The van der Waals surface area contributed by atoms with E-state index in [1.165, 1.54) is 6.08 Å². The second kappa shape index (κ2) is 15.0. The topological polar surface area (TPSA) is 94.2 Å². The number of anilines is 1. The zero-order chi connectivity index (χ0) is 33.0. The van der Waals surface area contributed by atoms with E-state index < -0.39 is 17.8 Å². The second-order valence-electron chi connectivity index (χ2n) is 9.78. The molecule has 0 atom stereocenters. The van der Waals surface area contributed by atoms with E-state index in [-0.39, 0.29) is 24.5 Å². The summed E-state index contributed by atoms with van der Waals surface area (Å²) in [5.41, 5.74) is 2.04. The molecule has 13 heteroatoms. The highest BCUT2D eigenvalue weighted by atomic mass is 127. The fourth-order valence-corrected chi connectivity index (χ4v) is 5.97. The number of amides is 4. The van der Waals surface area contributed by atoms with E-state index in [9.17, 15) is 14.4 Å². The summed E-state index contributed by atoms with van der Waals surface area (Å²) in [6, 6.07) is 19.1. The van der Waals surface area contributed by atoms with E-state index in [1.807, 2.05) is 6.92 Å². The minimum Gasteiger partial charge on any atom is -0.490 e. The highest BCUT2D eigenvalue weighted by Crippen LogP contribution is 2.36. The van der Waals surface area contributed by atoms with Gasteiger partial charge in [-0.2, -0.15) is 0 Å². The highest BCUT2D eigenvalue weighted by molar-refractivity contribution is 14.1. The number of imide groups is 2. The summed E-state index contributed by atoms with van der Waals surface area (Å²) in [5, 5.41) is 4.08. The van der Waals surface area contributed by atoms with Crippen LogP contribution in [0.2, 0.25) is 20.1 Å². The van der Waals surface area contributed by atoms with Gasteiger partial charge in [0.25, 0.3) is 11.8 Å². The van der Waals surface area contributed by atoms with Gasteiger partial charge in [0.1, 0.15) is 24.5 Å². The lowest BCUT2D eigenvalue weighted by molar-refractivity contribution is -0.122. The first-order valence-corrected chi connectivity index (χ1v) is 16.2. The summed E-state index contributed by atoms with van der Waals surface area (Å²) < 4.78 is 18.4. The van der Waals surface area contributed by atoms with Crippen molar-refractivity contribution in [2.75, 3.05) is 11.5 Å². The first kappa shape index (κ1) is 33.9. The first-order valence-electron chi connectivity index (χ1n) is 13.7. The molecule has 236 valence electrons. The Balaban J connectivity index is 1.35. The van der Waals surface area contributed by atoms with Gasteiger partial charge in [0.2, 0.25) is 0 Å². The van der Waals surface area contributed by atoms with Gasteiger partial charge in [0.05, 0.1) is 25.9 Å². The van der Waals surface area contributed by atoms with Crippen molar-refractivity contribution in [3.63, 3.8) is 0 Å². The summed E-state index contributed by atoms with van der Waals surface area (Å²) in [4.78, 5) is 40.0. The normalized spacial score (nSPS) is 14.0. The predicted molar refractivity (Wildman–Crippen MR) is 187 cm³/mol. The van der Waals surface area contributed by atoms with Crippen LogP contribution in [0.4, 0.5) is 10.5 Å². The molecule has 1 heterocycles. The first-order chi connectivity index (χ1) is 22.0. The molecule has 1 saturated heterocycles. The van der Waals surface area contributed by atoms with Crippen LogP contribution in [0.25, 0.3) is 6.08 Å². The number of nitrogens with zero attached hydrogens (tertiary/aromatic N) is 1. The number of urea groups is 1. The minimum absolute atomic E-state index is 0.182. The summed E-state index contributed by atoms with van der Waals surface area (Å²) >= 11 is 26.4. The number of ether oxygens (including phenoxy) is 3. The van der Waals surface area contributed by atoms with Crippen LogP contribution in [0.5, 0.6) is 17.2 Å². The van der Waals surface area contributed by atoms with Gasteiger partial charge in [-0.1, -0.05) is 58.5 Å². The molecule has 5 rings (SSSR count). The van der Waals surface area contributed by atoms with Crippen LogP contribution < -0.4 is 24.4 Å². The molecule has 46 heavy (non-hydrogen) atoms. The Kier molecular flexibility index (Phi) is 11.0. The maximum absolute atomic E-state index is 13.5. The Hall–Kier alpha value is -3.48. The molecule has 0 bridgehead atoms. The molecule has 8 nitrogen and oxygen atoms in total. The highest BCUT2D eigenvalue weighted by Gasteiger charge is 2.37. The van der Waals surface area contributed by atoms with Gasteiger partial charge in [0.15, 0.2) is 11.5 Å². The quantitative estimate of drug-likeness (QED) is 0.0976. The van der Waals surface area contributed by atoms with Crippen LogP contribution >= 0.6 is 69.0 Å². The fraction of sp³-hybridized carbons (Fsp3) is 0.121. The Morgan fingerprint density at radius 1 is 0.804 bits per heavy atom. The standard InChI is InChI=1S/C33H23Cl4IN2O6/c1-2-44-29-14-19(13-28(38)30(29)46-16-18-3-10-25(35)27(37)12-18)11-24-31(41)39-33(43)40(32(24)42)22-6-8-23(9-7-22)45-17-20-4-5-21(34)15-26(20)36/h3-15H,2,16-17H2,1H3,(H,39,41,43)/b24-11+. The van der Waals surface area contributed by atoms with E-state index in [1.54, 1.807) is 72.8 Å². The lowest BCUT2D eigenvalue weighted by atomic mass is 10.1. The molecule has 0 spiro atoms. The molecule has 0 saturated carbocycles. The zero-order valence-electron chi connectivity index (χ0n) is 23.9. The van der Waals surface area contributed by atoms with Gasteiger partial charge in [-0.05, 0) is 107 Å². The summed E-state index contributed by atoms with van der Waals surface area (Å²) in [6.07, 6.45) is 1.40. The minimum atomic E-state index is -0.871.